The Labute approximate surface area is 174 Å². The van der Waals surface area contributed by atoms with E-state index in [9.17, 15) is 4.79 Å². The predicted molar refractivity (Wildman–Crippen MR) is 116 cm³/mol. The van der Waals surface area contributed by atoms with Gasteiger partial charge in [0.15, 0.2) is 5.16 Å². The summed E-state index contributed by atoms with van der Waals surface area (Å²) in [5, 5.41) is 0.816. The molecule has 28 heavy (non-hydrogen) atoms. The molecular formula is C22H36N4OS. The van der Waals surface area contributed by atoms with E-state index in [2.05, 4.69) is 26.7 Å². The Morgan fingerprint density at radius 3 is 2.43 bits per heavy atom. The van der Waals surface area contributed by atoms with Crippen LogP contribution >= 0.6 is 11.8 Å². The first-order valence-corrected chi connectivity index (χ1v) is 12.1. The van der Waals surface area contributed by atoms with Gasteiger partial charge in [-0.2, -0.15) is 0 Å². The predicted octanol–water partition coefficient (Wildman–Crippen LogP) is 3.72. The molecule has 3 rings (SSSR count). The van der Waals surface area contributed by atoms with E-state index in [0.717, 1.165) is 54.0 Å². The highest BCUT2D eigenvalue weighted by atomic mass is 32.2. The molecule has 1 amide bonds. The molecule has 6 heteroatoms. The second-order valence-electron chi connectivity index (χ2n) is 8.69. The van der Waals surface area contributed by atoms with Crippen molar-refractivity contribution in [1.82, 2.24) is 19.8 Å². The van der Waals surface area contributed by atoms with E-state index in [4.69, 9.17) is 0 Å². The number of carbonyl (C=O) groups excluding carboxylic acids is 1. The average Bonchev–Trinajstić information content (AvgIpc) is 2.69. The van der Waals surface area contributed by atoms with Gasteiger partial charge in [-0.15, -0.1) is 0 Å². The van der Waals surface area contributed by atoms with E-state index in [1.165, 1.54) is 38.9 Å². The largest absolute Gasteiger partial charge is 0.342 e. The van der Waals surface area contributed by atoms with Crippen molar-refractivity contribution in [2.24, 2.45) is 11.8 Å². The quantitative estimate of drug-likeness (QED) is 0.534. The number of rotatable bonds is 6. The Morgan fingerprint density at radius 1 is 1.11 bits per heavy atom. The van der Waals surface area contributed by atoms with Crippen molar-refractivity contribution < 1.29 is 4.79 Å². The van der Waals surface area contributed by atoms with Crippen molar-refractivity contribution in [3.8, 4) is 0 Å². The number of amides is 1. The summed E-state index contributed by atoms with van der Waals surface area (Å²) in [5.74, 6) is 1.81. The number of nitrogens with zero attached hydrogens (tertiary/aromatic N) is 4. The van der Waals surface area contributed by atoms with Crippen LogP contribution in [-0.4, -0.2) is 64.7 Å². The van der Waals surface area contributed by atoms with Crippen molar-refractivity contribution in [2.75, 3.05) is 39.0 Å². The van der Waals surface area contributed by atoms with Crippen LogP contribution in [0.15, 0.2) is 5.16 Å². The van der Waals surface area contributed by atoms with E-state index in [1.807, 2.05) is 20.1 Å². The number of piperidine rings is 2. The van der Waals surface area contributed by atoms with E-state index in [-0.39, 0.29) is 0 Å². The molecule has 0 aromatic carbocycles. The lowest BCUT2D eigenvalue weighted by Crippen LogP contribution is -2.45. The number of aromatic nitrogens is 2. The van der Waals surface area contributed by atoms with Crippen LogP contribution in [-0.2, 0) is 11.2 Å². The van der Waals surface area contributed by atoms with Crippen LogP contribution in [0.3, 0.4) is 0 Å². The molecule has 2 aliphatic rings. The van der Waals surface area contributed by atoms with Crippen molar-refractivity contribution in [2.45, 2.75) is 64.5 Å². The fraction of sp³-hybridized carbons (Fsp3) is 0.773. The highest BCUT2D eigenvalue weighted by Gasteiger charge is 2.26. The summed E-state index contributed by atoms with van der Waals surface area (Å²) in [6.07, 6.45) is 8.36. The lowest BCUT2D eigenvalue weighted by Gasteiger charge is -2.38. The lowest BCUT2D eigenvalue weighted by molar-refractivity contribution is -0.133. The third-order valence-electron chi connectivity index (χ3n) is 6.44. The summed E-state index contributed by atoms with van der Waals surface area (Å²) in [6, 6.07) is 0. The summed E-state index contributed by atoms with van der Waals surface area (Å²) in [7, 11) is 0. The molecule has 0 bridgehead atoms. The van der Waals surface area contributed by atoms with Crippen molar-refractivity contribution in [3.63, 3.8) is 0 Å². The first-order valence-electron chi connectivity index (χ1n) is 10.8. The average molecular weight is 405 g/mol. The standard InChI is InChI=1S/C22H36N4OS/c1-16-9-12-25(13-10-16)14-19-6-5-11-26(15-19)21(27)8-7-20-17(2)23-22(28-4)24-18(20)3/h16,19H,5-15H2,1-4H3/t19-/m1/s1. The number of hydrogen-bond acceptors (Lipinski definition) is 5. The number of likely N-dealkylation sites (tertiary alicyclic amines) is 2. The molecule has 2 aliphatic heterocycles. The molecule has 1 aromatic rings. The van der Waals surface area contributed by atoms with Crippen molar-refractivity contribution >= 4 is 17.7 Å². The summed E-state index contributed by atoms with van der Waals surface area (Å²) in [6.45, 7) is 11.9. The van der Waals surface area contributed by atoms with Gasteiger partial charge in [-0.05, 0) is 82.7 Å². The van der Waals surface area contributed by atoms with Gasteiger partial charge in [-0.25, -0.2) is 9.97 Å². The van der Waals surface area contributed by atoms with Gasteiger partial charge in [0.2, 0.25) is 5.91 Å². The number of carbonyl (C=O) groups is 1. The van der Waals surface area contributed by atoms with Crippen molar-refractivity contribution in [3.05, 3.63) is 17.0 Å². The monoisotopic (exact) mass is 404 g/mol. The van der Waals surface area contributed by atoms with Crippen LogP contribution in [0, 0.1) is 25.7 Å². The maximum absolute atomic E-state index is 12.9. The lowest BCUT2D eigenvalue weighted by atomic mass is 9.94. The van der Waals surface area contributed by atoms with Crippen LogP contribution < -0.4 is 0 Å². The van der Waals surface area contributed by atoms with Gasteiger partial charge in [0, 0.05) is 37.4 Å². The van der Waals surface area contributed by atoms with E-state index in [0.29, 0.717) is 18.2 Å². The number of thioether (sulfide) groups is 1. The Morgan fingerprint density at radius 2 is 1.79 bits per heavy atom. The Kier molecular flexibility index (Phi) is 7.75. The summed E-state index contributed by atoms with van der Waals surface area (Å²) in [5.41, 5.74) is 3.17. The van der Waals surface area contributed by atoms with Crippen LogP contribution in [0.1, 0.15) is 56.0 Å². The Bertz CT molecular complexity index is 649. The SMILES string of the molecule is CSc1nc(C)c(CCC(=O)N2CCC[C@H](CN3CCC(C)CC3)C2)c(C)n1. The molecule has 2 saturated heterocycles. The molecular weight excluding hydrogens is 368 g/mol. The molecule has 2 fully saturated rings. The second-order valence-corrected chi connectivity index (χ2v) is 9.46. The molecule has 1 atom stereocenters. The molecule has 0 aliphatic carbocycles. The zero-order chi connectivity index (χ0) is 20.1. The molecule has 1 aromatic heterocycles. The van der Waals surface area contributed by atoms with Crippen LogP contribution in [0.5, 0.6) is 0 Å². The van der Waals surface area contributed by atoms with Gasteiger partial charge in [0.1, 0.15) is 0 Å². The fourth-order valence-corrected chi connectivity index (χ4v) is 5.06. The fourth-order valence-electron chi connectivity index (χ4n) is 4.60. The maximum atomic E-state index is 12.9. The van der Waals surface area contributed by atoms with E-state index >= 15 is 0 Å². The minimum atomic E-state index is 0.296. The minimum absolute atomic E-state index is 0.296. The van der Waals surface area contributed by atoms with Gasteiger partial charge in [0.25, 0.3) is 0 Å². The van der Waals surface area contributed by atoms with Gasteiger partial charge in [-0.3, -0.25) is 4.79 Å². The maximum Gasteiger partial charge on any atom is 0.222 e. The third kappa shape index (κ3) is 5.69. The van der Waals surface area contributed by atoms with Gasteiger partial charge < -0.3 is 9.80 Å². The highest BCUT2D eigenvalue weighted by molar-refractivity contribution is 7.98. The second kappa shape index (κ2) is 10.1. The van der Waals surface area contributed by atoms with Crippen molar-refractivity contribution in [1.29, 1.82) is 0 Å². The number of aryl methyl sites for hydroxylation is 2. The zero-order valence-corrected chi connectivity index (χ0v) is 18.9. The minimum Gasteiger partial charge on any atom is -0.342 e. The smallest absolute Gasteiger partial charge is 0.222 e. The third-order valence-corrected chi connectivity index (χ3v) is 6.98. The van der Waals surface area contributed by atoms with E-state index < -0.39 is 0 Å². The number of hydrogen-bond donors (Lipinski definition) is 0. The highest BCUT2D eigenvalue weighted by Crippen LogP contribution is 2.23. The van der Waals surface area contributed by atoms with Crippen LogP contribution in [0.4, 0.5) is 0 Å². The van der Waals surface area contributed by atoms with E-state index in [1.54, 1.807) is 11.8 Å². The molecule has 5 nitrogen and oxygen atoms in total. The molecule has 0 N–H and O–H groups in total. The zero-order valence-electron chi connectivity index (χ0n) is 18.0. The molecule has 0 unspecified atom stereocenters. The summed E-state index contributed by atoms with van der Waals surface area (Å²) in [4.78, 5) is 26.7. The van der Waals surface area contributed by atoms with Crippen LogP contribution in [0.25, 0.3) is 0 Å². The summed E-state index contributed by atoms with van der Waals surface area (Å²) >= 11 is 1.57. The molecule has 156 valence electrons. The Hall–Kier alpha value is -1.14. The van der Waals surface area contributed by atoms with Gasteiger partial charge in [-0.1, -0.05) is 18.7 Å². The molecule has 0 saturated carbocycles. The topological polar surface area (TPSA) is 49.3 Å². The first kappa shape index (κ1) is 21.6. The van der Waals surface area contributed by atoms with Crippen LogP contribution in [0.2, 0.25) is 0 Å². The molecule has 3 heterocycles. The molecule has 0 radical (unpaired) electrons. The Balaban J connectivity index is 1.50. The van der Waals surface area contributed by atoms with Gasteiger partial charge in [0.05, 0.1) is 0 Å². The molecule has 0 spiro atoms. The summed E-state index contributed by atoms with van der Waals surface area (Å²) < 4.78 is 0. The first-order chi connectivity index (χ1) is 13.5. The normalized spacial score (nSPS) is 21.9. The van der Waals surface area contributed by atoms with Gasteiger partial charge >= 0.3 is 0 Å².